The van der Waals surface area contributed by atoms with E-state index in [0.717, 1.165) is 47.8 Å². The Morgan fingerprint density at radius 3 is 2.76 bits per heavy atom. The van der Waals surface area contributed by atoms with Gasteiger partial charge in [-0.3, -0.25) is 0 Å². The van der Waals surface area contributed by atoms with Crippen molar-refractivity contribution in [2.24, 2.45) is 0 Å². The van der Waals surface area contributed by atoms with Gasteiger partial charge in [0.2, 0.25) is 0 Å². The molecule has 0 saturated heterocycles. The van der Waals surface area contributed by atoms with E-state index in [1.54, 1.807) is 0 Å². The van der Waals surface area contributed by atoms with Crippen molar-refractivity contribution < 1.29 is 8.42 Å². The molecule has 0 unspecified atom stereocenters. The van der Waals surface area contributed by atoms with Gasteiger partial charge in [0, 0.05) is 23.8 Å². The third-order valence-corrected chi connectivity index (χ3v) is 5.13. The zero-order chi connectivity index (χ0) is 14.9. The van der Waals surface area contributed by atoms with Gasteiger partial charge in [0.05, 0.1) is 0 Å². The van der Waals surface area contributed by atoms with Gasteiger partial charge in [-0.15, -0.1) is 0 Å². The van der Waals surface area contributed by atoms with E-state index in [2.05, 4.69) is 20.5 Å². The summed E-state index contributed by atoms with van der Waals surface area (Å²) in [5.41, 5.74) is 3.13. The zero-order valence-electron chi connectivity index (χ0n) is 12.1. The van der Waals surface area contributed by atoms with Crippen molar-refractivity contribution in [3.8, 4) is 0 Å². The fourth-order valence-electron chi connectivity index (χ4n) is 2.92. The molecule has 0 atom stereocenters. The molecule has 0 radical (unpaired) electrons. The third kappa shape index (κ3) is 3.64. The summed E-state index contributed by atoms with van der Waals surface area (Å²) in [5.74, 6) is 0. The van der Waals surface area contributed by atoms with Crippen molar-refractivity contribution in [3.05, 3.63) is 35.5 Å². The number of aryl methyl sites for hydroxylation is 1. The van der Waals surface area contributed by atoms with Crippen LogP contribution in [-0.2, 0) is 16.8 Å². The molecule has 5 nitrogen and oxygen atoms in total. The monoisotopic (exact) mass is 307 g/mol. The summed E-state index contributed by atoms with van der Waals surface area (Å²) >= 11 is 0. The smallest absolute Gasteiger partial charge is 0.277 e. The molecule has 114 valence electrons. The Morgan fingerprint density at radius 1 is 1.24 bits per heavy atom. The number of fused-ring (bicyclic) bond motifs is 1. The summed E-state index contributed by atoms with van der Waals surface area (Å²) in [5, 5.41) is 1.10. The van der Waals surface area contributed by atoms with E-state index in [1.807, 2.05) is 25.1 Å². The second-order valence-corrected chi connectivity index (χ2v) is 7.33. The molecule has 1 aromatic heterocycles. The van der Waals surface area contributed by atoms with Crippen molar-refractivity contribution in [1.82, 2.24) is 14.4 Å². The van der Waals surface area contributed by atoms with E-state index in [1.165, 1.54) is 0 Å². The molecule has 2 aromatic rings. The van der Waals surface area contributed by atoms with Gasteiger partial charge >= 0.3 is 0 Å². The van der Waals surface area contributed by atoms with Crippen LogP contribution in [0.3, 0.4) is 0 Å². The Morgan fingerprint density at radius 2 is 2.00 bits per heavy atom. The Hall–Kier alpha value is -1.37. The molecule has 1 aromatic carbocycles. The number of aromatic amines is 1. The molecule has 1 aliphatic carbocycles. The molecule has 6 heteroatoms. The summed E-state index contributed by atoms with van der Waals surface area (Å²) in [6, 6.07) is 8.09. The van der Waals surface area contributed by atoms with Crippen LogP contribution in [0.4, 0.5) is 0 Å². The highest BCUT2D eigenvalue weighted by Gasteiger charge is 2.20. The van der Waals surface area contributed by atoms with Crippen molar-refractivity contribution >= 4 is 21.1 Å². The van der Waals surface area contributed by atoms with E-state index >= 15 is 0 Å². The lowest BCUT2D eigenvalue weighted by Gasteiger charge is -2.13. The average Bonchev–Trinajstić information content (AvgIpc) is 3.03. The number of aromatic nitrogens is 1. The lowest BCUT2D eigenvalue weighted by molar-refractivity contribution is 0.539. The van der Waals surface area contributed by atoms with E-state index < -0.39 is 10.2 Å². The maximum Gasteiger partial charge on any atom is 0.277 e. The second kappa shape index (κ2) is 5.79. The number of H-pyrrole nitrogens is 1. The minimum atomic E-state index is -3.42. The maximum atomic E-state index is 12.0. The van der Waals surface area contributed by atoms with Crippen molar-refractivity contribution in [2.75, 3.05) is 0 Å². The number of benzene rings is 1. The van der Waals surface area contributed by atoms with Crippen LogP contribution in [0.2, 0.25) is 0 Å². The molecule has 0 amide bonds. The molecule has 1 heterocycles. The third-order valence-electron chi connectivity index (χ3n) is 3.96. The summed E-state index contributed by atoms with van der Waals surface area (Å²) in [6.45, 7) is 2.32. The van der Waals surface area contributed by atoms with Crippen LogP contribution in [-0.4, -0.2) is 19.4 Å². The van der Waals surface area contributed by atoms with E-state index in [9.17, 15) is 8.42 Å². The molecule has 0 spiro atoms. The fourth-order valence-corrected chi connectivity index (χ4v) is 4.03. The van der Waals surface area contributed by atoms with Crippen molar-refractivity contribution in [3.63, 3.8) is 0 Å². The minimum absolute atomic E-state index is 0.0947. The Kier molecular flexibility index (Phi) is 4.01. The van der Waals surface area contributed by atoms with E-state index in [-0.39, 0.29) is 6.04 Å². The number of hydrogen-bond donors (Lipinski definition) is 3. The summed E-state index contributed by atoms with van der Waals surface area (Å²) < 4.78 is 29.3. The maximum absolute atomic E-state index is 12.0. The molecule has 1 saturated carbocycles. The van der Waals surface area contributed by atoms with Gasteiger partial charge in [-0.05, 0) is 48.9 Å². The summed E-state index contributed by atoms with van der Waals surface area (Å²) in [4.78, 5) is 3.26. The van der Waals surface area contributed by atoms with Crippen LogP contribution in [0.25, 0.3) is 10.9 Å². The van der Waals surface area contributed by atoms with Crippen LogP contribution in [0, 0.1) is 6.92 Å². The number of hydrogen-bond acceptors (Lipinski definition) is 2. The lowest BCUT2D eigenvalue weighted by Crippen LogP contribution is -2.41. The lowest BCUT2D eigenvalue weighted by atomic mass is 10.1. The molecule has 0 bridgehead atoms. The first-order chi connectivity index (χ1) is 10.0. The van der Waals surface area contributed by atoms with Crippen LogP contribution in [0.1, 0.15) is 36.9 Å². The highest BCUT2D eigenvalue weighted by atomic mass is 32.2. The van der Waals surface area contributed by atoms with E-state index in [0.29, 0.717) is 6.54 Å². The molecule has 1 fully saturated rings. The molecule has 1 aliphatic rings. The van der Waals surface area contributed by atoms with Gasteiger partial charge in [-0.1, -0.05) is 18.9 Å². The molecule has 3 N–H and O–H groups in total. The van der Waals surface area contributed by atoms with Gasteiger partial charge in [-0.25, -0.2) is 0 Å². The van der Waals surface area contributed by atoms with Gasteiger partial charge in [-0.2, -0.15) is 17.9 Å². The molecular formula is C15H21N3O2S. The Balaban J connectivity index is 1.64. The quantitative estimate of drug-likeness (QED) is 0.793. The SMILES string of the molecule is Cc1cc2cc(CNS(=O)(=O)NC3CCCC3)ccc2[nH]1. The van der Waals surface area contributed by atoms with Crippen LogP contribution >= 0.6 is 0 Å². The first kappa shape index (κ1) is 14.6. The zero-order valence-corrected chi connectivity index (χ0v) is 13.0. The van der Waals surface area contributed by atoms with Crippen LogP contribution in [0.15, 0.2) is 24.3 Å². The Labute approximate surface area is 125 Å². The fraction of sp³-hybridized carbons (Fsp3) is 0.467. The topological polar surface area (TPSA) is 74.0 Å². The number of nitrogens with one attached hydrogen (secondary N) is 3. The predicted octanol–water partition coefficient (Wildman–Crippen LogP) is 2.34. The standard InChI is InChI=1S/C15H21N3O2S/c1-11-8-13-9-12(6-7-15(13)17-11)10-16-21(19,20)18-14-4-2-3-5-14/h6-9,14,16-18H,2-5,10H2,1H3. The molecule has 0 aliphatic heterocycles. The van der Waals surface area contributed by atoms with Gasteiger partial charge < -0.3 is 4.98 Å². The summed E-state index contributed by atoms with van der Waals surface area (Å²) in [7, 11) is -3.42. The van der Waals surface area contributed by atoms with Crippen molar-refractivity contribution in [2.45, 2.75) is 45.2 Å². The highest BCUT2D eigenvalue weighted by molar-refractivity contribution is 7.87. The first-order valence-corrected chi connectivity index (χ1v) is 8.85. The normalized spacial score (nSPS) is 16.8. The highest BCUT2D eigenvalue weighted by Crippen LogP contribution is 2.19. The summed E-state index contributed by atoms with van der Waals surface area (Å²) in [6.07, 6.45) is 4.10. The minimum Gasteiger partial charge on any atom is -0.359 e. The van der Waals surface area contributed by atoms with Crippen LogP contribution in [0.5, 0.6) is 0 Å². The molecular weight excluding hydrogens is 286 g/mol. The Bertz CT molecular complexity index is 730. The second-order valence-electron chi connectivity index (χ2n) is 5.80. The van der Waals surface area contributed by atoms with Gasteiger partial charge in [0.15, 0.2) is 0 Å². The average molecular weight is 307 g/mol. The van der Waals surface area contributed by atoms with Crippen LogP contribution < -0.4 is 9.44 Å². The molecule has 3 rings (SSSR count). The van der Waals surface area contributed by atoms with Crippen molar-refractivity contribution in [1.29, 1.82) is 0 Å². The largest absolute Gasteiger partial charge is 0.359 e. The number of rotatable bonds is 5. The van der Waals surface area contributed by atoms with E-state index in [4.69, 9.17) is 0 Å². The molecule has 21 heavy (non-hydrogen) atoms. The first-order valence-electron chi connectivity index (χ1n) is 7.37. The van der Waals surface area contributed by atoms with Gasteiger partial charge in [0.25, 0.3) is 10.2 Å². The predicted molar refractivity (Wildman–Crippen MR) is 84.2 cm³/mol. The van der Waals surface area contributed by atoms with Gasteiger partial charge in [0.1, 0.15) is 0 Å².